The molecule has 2 aromatic rings. The van der Waals surface area contributed by atoms with Gasteiger partial charge in [-0.3, -0.25) is 9.59 Å². The molecule has 0 radical (unpaired) electrons. The number of hydrogen-bond acceptors (Lipinski definition) is 6. The maximum Gasteiger partial charge on any atom is 0.341 e. The van der Waals surface area contributed by atoms with Crippen molar-refractivity contribution >= 4 is 34.2 Å². The van der Waals surface area contributed by atoms with Crippen molar-refractivity contribution in [3.63, 3.8) is 0 Å². The molecule has 0 unspecified atom stereocenters. The molecule has 7 heteroatoms. The lowest BCUT2D eigenvalue weighted by molar-refractivity contribution is -0.148. The summed E-state index contributed by atoms with van der Waals surface area (Å²) in [5, 5.41) is 3.05. The number of ether oxygens (including phenoxy) is 2. The molecule has 6 nitrogen and oxygen atoms in total. The van der Waals surface area contributed by atoms with Gasteiger partial charge in [0.2, 0.25) is 0 Å². The average molecular weight is 387 g/mol. The van der Waals surface area contributed by atoms with E-state index in [1.807, 2.05) is 37.3 Å². The van der Waals surface area contributed by atoms with Crippen LogP contribution in [-0.4, -0.2) is 31.1 Å². The lowest BCUT2D eigenvalue weighted by atomic mass is 10.1. The van der Waals surface area contributed by atoms with Gasteiger partial charge in [-0.2, -0.15) is 0 Å². The van der Waals surface area contributed by atoms with E-state index in [0.717, 1.165) is 16.9 Å². The largest absolute Gasteiger partial charge is 0.462 e. The summed E-state index contributed by atoms with van der Waals surface area (Å²) in [6, 6.07) is 11.2. The molecule has 1 aromatic heterocycles. The van der Waals surface area contributed by atoms with Crippen LogP contribution < -0.4 is 5.32 Å². The van der Waals surface area contributed by atoms with Crippen LogP contribution in [0.1, 0.15) is 30.6 Å². The number of hydrogen-bond donors (Lipinski definition) is 1. The highest BCUT2D eigenvalue weighted by atomic mass is 32.1. The van der Waals surface area contributed by atoms with Crippen LogP contribution in [0, 0.1) is 11.8 Å². The molecule has 1 amide bonds. The molecule has 1 N–H and O–H groups in total. The summed E-state index contributed by atoms with van der Waals surface area (Å²) in [6.07, 6.45) is 0.804. The Morgan fingerprint density at radius 1 is 1.19 bits per heavy atom. The molecule has 1 aliphatic rings. The van der Waals surface area contributed by atoms with Gasteiger partial charge in [0, 0.05) is 4.88 Å². The molecule has 0 saturated heterocycles. The molecule has 1 aliphatic carbocycles. The van der Waals surface area contributed by atoms with E-state index < -0.39 is 11.9 Å². The second-order valence-corrected chi connectivity index (χ2v) is 7.47. The zero-order valence-electron chi connectivity index (χ0n) is 15.2. The number of carbonyl (C=O) groups is 3. The van der Waals surface area contributed by atoms with Gasteiger partial charge in [0.15, 0.2) is 6.61 Å². The van der Waals surface area contributed by atoms with Crippen LogP contribution in [0.4, 0.5) is 5.00 Å². The fraction of sp³-hybridized carbons (Fsp3) is 0.350. The summed E-state index contributed by atoms with van der Waals surface area (Å²) >= 11 is 1.28. The monoisotopic (exact) mass is 387 g/mol. The molecule has 1 heterocycles. The topological polar surface area (TPSA) is 81.7 Å². The minimum absolute atomic E-state index is 0.0979. The Labute approximate surface area is 161 Å². The fourth-order valence-corrected chi connectivity index (χ4v) is 3.71. The van der Waals surface area contributed by atoms with Crippen molar-refractivity contribution in [2.45, 2.75) is 20.3 Å². The van der Waals surface area contributed by atoms with E-state index in [4.69, 9.17) is 9.47 Å². The first kappa shape index (κ1) is 19.1. The Morgan fingerprint density at radius 3 is 2.52 bits per heavy atom. The standard InChI is InChI=1S/C20H21NO5S/c1-3-25-20(24)15-10-16(13-7-5-4-6-8-13)27-18(15)21-17(22)11-26-19(23)14-9-12(14)2/h4-8,10,12,14H,3,9,11H2,1-2H3,(H,21,22)/t12-,14+/m1/s1. The van der Waals surface area contributed by atoms with Gasteiger partial charge in [-0.15, -0.1) is 11.3 Å². The normalized spacial score (nSPS) is 17.9. The molecule has 0 spiro atoms. The number of rotatable bonds is 7. The van der Waals surface area contributed by atoms with Gasteiger partial charge in [-0.25, -0.2) is 4.79 Å². The molecule has 1 saturated carbocycles. The molecular weight excluding hydrogens is 366 g/mol. The van der Waals surface area contributed by atoms with Gasteiger partial charge in [-0.1, -0.05) is 37.3 Å². The van der Waals surface area contributed by atoms with E-state index >= 15 is 0 Å². The van der Waals surface area contributed by atoms with Crippen LogP contribution in [0.2, 0.25) is 0 Å². The van der Waals surface area contributed by atoms with Crippen molar-refractivity contribution < 1.29 is 23.9 Å². The predicted molar refractivity (Wildman–Crippen MR) is 103 cm³/mol. The number of anilines is 1. The molecule has 0 aliphatic heterocycles. The average Bonchev–Trinajstić information content (AvgIpc) is 3.25. The Balaban J connectivity index is 1.72. The first-order chi connectivity index (χ1) is 13.0. The van der Waals surface area contributed by atoms with Gasteiger partial charge in [0.05, 0.1) is 18.1 Å². The first-order valence-corrected chi connectivity index (χ1v) is 9.64. The highest BCUT2D eigenvalue weighted by Crippen LogP contribution is 2.38. The Morgan fingerprint density at radius 2 is 1.89 bits per heavy atom. The summed E-state index contributed by atoms with van der Waals surface area (Å²) in [4.78, 5) is 37.0. The van der Waals surface area contributed by atoms with Crippen molar-refractivity contribution in [3.8, 4) is 10.4 Å². The van der Waals surface area contributed by atoms with Crippen LogP contribution in [-0.2, 0) is 19.1 Å². The molecular formula is C20H21NO5S. The van der Waals surface area contributed by atoms with Crippen LogP contribution in [0.5, 0.6) is 0 Å². The second kappa shape index (κ2) is 8.35. The number of benzene rings is 1. The van der Waals surface area contributed by atoms with E-state index in [1.54, 1.807) is 13.0 Å². The van der Waals surface area contributed by atoms with E-state index in [2.05, 4.69) is 5.32 Å². The molecule has 3 rings (SSSR count). The quantitative estimate of drug-likeness (QED) is 0.732. The van der Waals surface area contributed by atoms with Crippen molar-refractivity contribution in [1.29, 1.82) is 0 Å². The lowest BCUT2D eigenvalue weighted by Gasteiger charge is -2.07. The Hall–Kier alpha value is -2.67. The molecule has 1 aromatic carbocycles. The SMILES string of the molecule is CCOC(=O)c1cc(-c2ccccc2)sc1NC(=O)COC(=O)[C@H]1C[C@H]1C. The zero-order valence-corrected chi connectivity index (χ0v) is 16.0. The lowest BCUT2D eigenvalue weighted by Crippen LogP contribution is -2.22. The highest BCUT2D eigenvalue weighted by Gasteiger charge is 2.40. The number of amides is 1. The van der Waals surface area contributed by atoms with Gasteiger partial charge >= 0.3 is 11.9 Å². The maximum absolute atomic E-state index is 12.2. The smallest absolute Gasteiger partial charge is 0.341 e. The van der Waals surface area contributed by atoms with Crippen molar-refractivity contribution in [2.24, 2.45) is 11.8 Å². The number of esters is 2. The summed E-state index contributed by atoms with van der Waals surface area (Å²) in [7, 11) is 0. The van der Waals surface area contributed by atoms with Gasteiger partial charge in [-0.05, 0) is 30.9 Å². The summed E-state index contributed by atoms with van der Waals surface area (Å²) in [5.41, 5.74) is 1.22. The van der Waals surface area contributed by atoms with Crippen LogP contribution in [0.3, 0.4) is 0 Å². The van der Waals surface area contributed by atoms with E-state index in [1.165, 1.54) is 11.3 Å². The number of carbonyl (C=O) groups excluding carboxylic acids is 3. The van der Waals surface area contributed by atoms with E-state index in [9.17, 15) is 14.4 Å². The predicted octanol–water partition coefficient (Wildman–Crippen LogP) is 3.73. The highest BCUT2D eigenvalue weighted by molar-refractivity contribution is 7.20. The fourth-order valence-electron chi connectivity index (χ4n) is 2.65. The first-order valence-electron chi connectivity index (χ1n) is 8.82. The van der Waals surface area contributed by atoms with Crippen molar-refractivity contribution in [2.75, 3.05) is 18.5 Å². The maximum atomic E-state index is 12.2. The third kappa shape index (κ3) is 4.74. The Bertz CT molecular complexity index is 845. The van der Waals surface area contributed by atoms with Gasteiger partial charge in [0.1, 0.15) is 5.00 Å². The molecule has 27 heavy (non-hydrogen) atoms. The molecule has 0 bridgehead atoms. The molecule has 1 fully saturated rings. The number of thiophene rings is 1. The number of nitrogens with one attached hydrogen (secondary N) is 1. The Kier molecular flexibility index (Phi) is 5.91. The summed E-state index contributed by atoms with van der Waals surface area (Å²) in [5.74, 6) is -1.11. The van der Waals surface area contributed by atoms with Crippen LogP contribution >= 0.6 is 11.3 Å². The van der Waals surface area contributed by atoms with Gasteiger partial charge in [0.25, 0.3) is 5.91 Å². The van der Waals surface area contributed by atoms with E-state index in [-0.39, 0.29) is 30.7 Å². The molecule has 2 atom stereocenters. The van der Waals surface area contributed by atoms with Crippen molar-refractivity contribution in [1.82, 2.24) is 0 Å². The third-order valence-corrected chi connectivity index (χ3v) is 5.40. The van der Waals surface area contributed by atoms with Crippen LogP contribution in [0.15, 0.2) is 36.4 Å². The minimum Gasteiger partial charge on any atom is -0.462 e. The summed E-state index contributed by atoms with van der Waals surface area (Å²) in [6.45, 7) is 3.55. The second-order valence-electron chi connectivity index (χ2n) is 6.42. The minimum atomic E-state index is -0.505. The van der Waals surface area contributed by atoms with Crippen molar-refractivity contribution in [3.05, 3.63) is 42.0 Å². The summed E-state index contributed by atoms with van der Waals surface area (Å²) < 4.78 is 10.1. The third-order valence-electron chi connectivity index (χ3n) is 4.30. The zero-order chi connectivity index (χ0) is 19.4. The van der Waals surface area contributed by atoms with E-state index in [0.29, 0.717) is 10.9 Å². The van der Waals surface area contributed by atoms with Gasteiger partial charge < -0.3 is 14.8 Å². The van der Waals surface area contributed by atoms with Crippen LogP contribution in [0.25, 0.3) is 10.4 Å². The molecule has 142 valence electrons.